The maximum atomic E-state index is 11.3. The fourth-order valence-corrected chi connectivity index (χ4v) is 1.96. The van der Waals surface area contributed by atoms with Crippen LogP contribution in [-0.4, -0.2) is 49.0 Å². The van der Waals surface area contributed by atoms with Crippen LogP contribution in [0.1, 0.15) is 5.56 Å². The molecule has 1 aliphatic rings. The van der Waals surface area contributed by atoms with E-state index in [0.717, 1.165) is 11.3 Å². The number of ether oxygens (including phenoxy) is 3. The summed E-state index contributed by atoms with van der Waals surface area (Å²) in [6.45, 7) is 4.33. The molecular weight excluding hydrogens is 274 g/mol. The minimum Gasteiger partial charge on any atom is -0.454 e. The van der Waals surface area contributed by atoms with E-state index in [0.29, 0.717) is 12.4 Å². The first kappa shape index (κ1) is 15.3. The van der Waals surface area contributed by atoms with Crippen molar-refractivity contribution in [3.8, 4) is 11.5 Å². The second-order valence-electron chi connectivity index (χ2n) is 4.78. The molecule has 0 aromatic heterocycles. The van der Waals surface area contributed by atoms with Crippen LogP contribution in [0.15, 0.2) is 30.9 Å². The second kappa shape index (κ2) is 7.10. The van der Waals surface area contributed by atoms with Crippen LogP contribution in [-0.2, 0) is 16.1 Å². The van der Waals surface area contributed by atoms with E-state index >= 15 is 0 Å². The van der Waals surface area contributed by atoms with Gasteiger partial charge in [0.1, 0.15) is 0 Å². The lowest BCUT2D eigenvalue weighted by Crippen LogP contribution is -2.35. The summed E-state index contributed by atoms with van der Waals surface area (Å²) in [4.78, 5) is 12.7. The third kappa shape index (κ3) is 4.21. The predicted molar refractivity (Wildman–Crippen MR) is 76.1 cm³/mol. The number of rotatable bonds is 7. The molecule has 1 aliphatic heterocycles. The van der Waals surface area contributed by atoms with Gasteiger partial charge >= 0.3 is 0 Å². The van der Waals surface area contributed by atoms with Gasteiger partial charge in [-0.1, -0.05) is 12.6 Å². The molecule has 0 bridgehead atoms. The summed E-state index contributed by atoms with van der Waals surface area (Å²) in [6.07, 6.45) is 0.466. The van der Waals surface area contributed by atoms with Crippen LogP contribution in [0.2, 0.25) is 0 Å². The molecule has 0 saturated carbocycles. The van der Waals surface area contributed by atoms with Crippen molar-refractivity contribution < 1.29 is 24.1 Å². The van der Waals surface area contributed by atoms with Gasteiger partial charge in [-0.25, -0.2) is 0 Å². The fourth-order valence-electron chi connectivity index (χ4n) is 1.96. The Balaban J connectivity index is 1.74. The van der Waals surface area contributed by atoms with Crippen LogP contribution in [0.3, 0.4) is 0 Å². The first-order chi connectivity index (χ1) is 10.1. The molecule has 1 amide bonds. The fraction of sp³-hybridized carbons (Fsp3) is 0.400. The van der Waals surface area contributed by atoms with E-state index in [1.165, 1.54) is 11.0 Å². The Kier molecular flexibility index (Phi) is 5.19. The lowest BCUT2D eigenvalue weighted by atomic mass is 10.2. The zero-order valence-electron chi connectivity index (χ0n) is 11.9. The van der Waals surface area contributed by atoms with Crippen molar-refractivity contribution in [1.29, 1.82) is 0 Å². The minimum absolute atomic E-state index is 0.142. The molecule has 0 fully saturated rings. The maximum absolute atomic E-state index is 11.3. The molecule has 6 heteroatoms. The third-order valence-corrected chi connectivity index (χ3v) is 3.05. The highest BCUT2D eigenvalue weighted by Gasteiger charge is 2.14. The standard InChI is InChI=1S/C15H19NO5/c1-3-15(18)16(2)7-12(17)9-19-8-11-4-5-13-14(6-11)21-10-20-13/h3-6,12,17H,1,7-10H2,2H3/t12-/m0/s1. The molecule has 1 heterocycles. The first-order valence-electron chi connectivity index (χ1n) is 6.62. The van der Waals surface area contributed by atoms with Gasteiger partial charge in [0.2, 0.25) is 12.7 Å². The predicted octanol–water partition coefficient (Wildman–Crippen LogP) is 0.937. The van der Waals surface area contributed by atoms with E-state index in [1.807, 2.05) is 18.2 Å². The van der Waals surface area contributed by atoms with Crippen LogP contribution < -0.4 is 9.47 Å². The largest absolute Gasteiger partial charge is 0.454 e. The molecule has 0 saturated heterocycles. The van der Waals surface area contributed by atoms with Crippen molar-refractivity contribution in [2.45, 2.75) is 12.7 Å². The number of likely N-dealkylation sites (N-methyl/N-ethyl adjacent to an activating group) is 1. The first-order valence-corrected chi connectivity index (χ1v) is 6.62. The van der Waals surface area contributed by atoms with Crippen molar-refractivity contribution >= 4 is 5.91 Å². The average Bonchev–Trinajstić information content (AvgIpc) is 2.93. The van der Waals surface area contributed by atoms with Gasteiger partial charge in [-0.2, -0.15) is 0 Å². The molecule has 1 atom stereocenters. The Bertz CT molecular complexity index is 517. The summed E-state index contributed by atoms with van der Waals surface area (Å²) >= 11 is 0. The van der Waals surface area contributed by atoms with Crippen LogP contribution in [0.25, 0.3) is 0 Å². The molecule has 0 radical (unpaired) electrons. The summed E-state index contributed by atoms with van der Waals surface area (Å²) < 4.78 is 15.9. The van der Waals surface area contributed by atoms with E-state index in [1.54, 1.807) is 7.05 Å². The number of benzene rings is 1. The van der Waals surface area contributed by atoms with Crippen LogP contribution in [0, 0.1) is 0 Å². The highest BCUT2D eigenvalue weighted by Crippen LogP contribution is 2.32. The number of amides is 1. The Labute approximate surface area is 123 Å². The van der Waals surface area contributed by atoms with E-state index in [2.05, 4.69) is 6.58 Å². The number of fused-ring (bicyclic) bond motifs is 1. The number of carbonyl (C=O) groups excluding carboxylic acids is 1. The SMILES string of the molecule is C=CC(=O)N(C)C[C@H](O)COCc1ccc2c(c1)OCO2. The van der Waals surface area contributed by atoms with E-state index < -0.39 is 6.10 Å². The zero-order valence-corrected chi connectivity index (χ0v) is 11.9. The highest BCUT2D eigenvalue weighted by atomic mass is 16.7. The topological polar surface area (TPSA) is 68.2 Å². The van der Waals surface area contributed by atoms with Gasteiger partial charge in [-0.05, 0) is 23.8 Å². The summed E-state index contributed by atoms with van der Waals surface area (Å²) in [5, 5.41) is 9.80. The molecule has 6 nitrogen and oxygen atoms in total. The van der Waals surface area contributed by atoms with Crippen molar-refractivity contribution in [3.63, 3.8) is 0 Å². The van der Waals surface area contributed by atoms with E-state index in [-0.39, 0.29) is 25.9 Å². The van der Waals surface area contributed by atoms with Gasteiger partial charge in [0.25, 0.3) is 0 Å². The van der Waals surface area contributed by atoms with E-state index in [9.17, 15) is 9.90 Å². The average molecular weight is 293 g/mol. The third-order valence-electron chi connectivity index (χ3n) is 3.05. The summed E-state index contributed by atoms with van der Waals surface area (Å²) in [6, 6.07) is 5.56. The van der Waals surface area contributed by atoms with Crippen molar-refractivity contribution in [3.05, 3.63) is 36.4 Å². The lowest BCUT2D eigenvalue weighted by molar-refractivity contribution is -0.126. The molecule has 21 heavy (non-hydrogen) atoms. The molecule has 0 aliphatic carbocycles. The Morgan fingerprint density at radius 2 is 2.29 bits per heavy atom. The van der Waals surface area contributed by atoms with Gasteiger partial charge in [0.15, 0.2) is 11.5 Å². The summed E-state index contributed by atoms with van der Waals surface area (Å²) in [7, 11) is 1.60. The molecule has 0 spiro atoms. The Morgan fingerprint density at radius 1 is 1.52 bits per heavy atom. The van der Waals surface area contributed by atoms with Crippen molar-refractivity contribution in [1.82, 2.24) is 4.90 Å². The van der Waals surface area contributed by atoms with Crippen molar-refractivity contribution in [2.24, 2.45) is 0 Å². The van der Waals surface area contributed by atoms with Gasteiger partial charge in [-0.15, -0.1) is 0 Å². The van der Waals surface area contributed by atoms with Crippen LogP contribution in [0.4, 0.5) is 0 Å². The molecule has 114 valence electrons. The van der Waals surface area contributed by atoms with Crippen molar-refractivity contribution in [2.75, 3.05) is 27.0 Å². The molecule has 0 unspecified atom stereocenters. The quantitative estimate of drug-likeness (QED) is 0.758. The molecule has 2 rings (SSSR count). The summed E-state index contributed by atoms with van der Waals surface area (Å²) in [5.41, 5.74) is 0.932. The van der Waals surface area contributed by atoms with Gasteiger partial charge in [-0.3, -0.25) is 4.79 Å². The van der Waals surface area contributed by atoms with E-state index in [4.69, 9.17) is 14.2 Å². The molecule has 1 aromatic rings. The van der Waals surface area contributed by atoms with Crippen LogP contribution >= 0.6 is 0 Å². The number of aliphatic hydroxyl groups excluding tert-OH is 1. The molecule has 1 N–H and O–H groups in total. The van der Waals surface area contributed by atoms with Gasteiger partial charge in [0, 0.05) is 13.6 Å². The zero-order chi connectivity index (χ0) is 15.2. The second-order valence-corrected chi connectivity index (χ2v) is 4.78. The highest BCUT2D eigenvalue weighted by molar-refractivity contribution is 5.86. The number of aliphatic hydroxyl groups is 1. The number of hydrogen-bond donors (Lipinski definition) is 1. The number of nitrogens with zero attached hydrogens (tertiary/aromatic N) is 1. The maximum Gasteiger partial charge on any atom is 0.245 e. The number of carbonyl (C=O) groups is 1. The Morgan fingerprint density at radius 3 is 3.05 bits per heavy atom. The molecular formula is C15H19NO5. The van der Waals surface area contributed by atoms with Gasteiger partial charge < -0.3 is 24.2 Å². The number of hydrogen-bond acceptors (Lipinski definition) is 5. The minimum atomic E-state index is -0.743. The van der Waals surface area contributed by atoms with Gasteiger partial charge in [0.05, 0.1) is 19.3 Å². The summed E-state index contributed by atoms with van der Waals surface area (Å²) in [5.74, 6) is 1.20. The molecule has 1 aromatic carbocycles. The smallest absolute Gasteiger partial charge is 0.245 e. The monoisotopic (exact) mass is 293 g/mol. The lowest BCUT2D eigenvalue weighted by Gasteiger charge is -2.19. The normalized spacial score (nSPS) is 13.8. The Hall–Kier alpha value is -2.05. The van der Waals surface area contributed by atoms with Crippen LogP contribution in [0.5, 0.6) is 11.5 Å².